The number of hydrogen-bond donors (Lipinski definition) is 1. The van der Waals surface area contributed by atoms with Crippen molar-refractivity contribution in [3.05, 3.63) is 22.7 Å². The number of nitrogens with zero attached hydrogens (tertiary/aromatic N) is 3. The van der Waals surface area contributed by atoms with Gasteiger partial charge in [0.2, 0.25) is 0 Å². The van der Waals surface area contributed by atoms with Gasteiger partial charge < -0.3 is 9.63 Å². The summed E-state index contributed by atoms with van der Waals surface area (Å²) < 4.78 is 5.24. The number of aromatic nitrogens is 2. The minimum Gasteiger partial charge on any atom is -0.393 e. The third-order valence-electron chi connectivity index (χ3n) is 3.16. The molecule has 0 aliphatic carbocycles. The number of aliphatic hydroxyl groups excluding tert-OH is 1. The summed E-state index contributed by atoms with van der Waals surface area (Å²) in [5, 5.41) is 17.4. The average Bonchev–Trinajstić information content (AvgIpc) is 3.02. The van der Waals surface area contributed by atoms with Crippen molar-refractivity contribution < 1.29 is 9.63 Å². The van der Waals surface area contributed by atoms with Gasteiger partial charge in [0.05, 0.1) is 18.2 Å². The first-order valence-electron chi connectivity index (χ1n) is 6.07. The molecule has 0 bridgehead atoms. The van der Waals surface area contributed by atoms with E-state index in [1.807, 2.05) is 16.8 Å². The number of thiophene rings is 1. The van der Waals surface area contributed by atoms with Crippen LogP contribution in [0.4, 0.5) is 0 Å². The van der Waals surface area contributed by atoms with Crippen LogP contribution >= 0.6 is 11.3 Å². The van der Waals surface area contributed by atoms with E-state index in [2.05, 4.69) is 15.0 Å². The van der Waals surface area contributed by atoms with Crippen LogP contribution < -0.4 is 0 Å². The van der Waals surface area contributed by atoms with E-state index in [-0.39, 0.29) is 6.10 Å². The molecule has 3 rings (SSSR count). The van der Waals surface area contributed by atoms with Crippen LogP contribution in [0.2, 0.25) is 0 Å². The van der Waals surface area contributed by atoms with Crippen molar-refractivity contribution in [2.45, 2.75) is 25.5 Å². The zero-order valence-corrected chi connectivity index (χ0v) is 10.8. The van der Waals surface area contributed by atoms with Crippen LogP contribution in [-0.2, 0) is 6.54 Å². The molecule has 0 saturated carbocycles. The summed E-state index contributed by atoms with van der Waals surface area (Å²) in [5.74, 6) is 1.30. The summed E-state index contributed by atoms with van der Waals surface area (Å²) >= 11 is 1.61. The zero-order valence-electron chi connectivity index (χ0n) is 9.95. The Morgan fingerprint density at radius 2 is 2.28 bits per heavy atom. The van der Waals surface area contributed by atoms with Crippen molar-refractivity contribution in [1.29, 1.82) is 0 Å². The Labute approximate surface area is 109 Å². The van der Waals surface area contributed by atoms with Gasteiger partial charge in [-0.2, -0.15) is 16.3 Å². The van der Waals surface area contributed by atoms with E-state index in [0.717, 1.165) is 31.5 Å². The summed E-state index contributed by atoms with van der Waals surface area (Å²) in [6.45, 7) is 2.48. The molecule has 1 aliphatic heterocycles. The number of hydrogen-bond acceptors (Lipinski definition) is 6. The largest absolute Gasteiger partial charge is 0.393 e. The van der Waals surface area contributed by atoms with E-state index in [0.29, 0.717) is 18.3 Å². The number of rotatable bonds is 3. The highest BCUT2D eigenvalue weighted by atomic mass is 32.1. The predicted octanol–water partition coefficient (Wildman–Crippen LogP) is 1.75. The van der Waals surface area contributed by atoms with Gasteiger partial charge in [-0.05, 0) is 24.3 Å². The Balaban J connectivity index is 1.64. The summed E-state index contributed by atoms with van der Waals surface area (Å²) in [5.41, 5.74) is 0.979. The fourth-order valence-corrected chi connectivity index (χ4v) is 2.73. The van der Waals surface area contributed by atoms with Crippen molar-refractivity contribution in [2.24, 2.45) is 0 Å². The van der Waals surface area contributed by atoms with Gasteiger partial charge in [-0.3, -0.25) is 4.90 Å². The second kappa shape index (κ2) is 5.17. The van der Waals surface area contributed by atoms with Crippen LogP contribution in [0.25, 0.3) is 11.5 Å². The molecule has 1 N–H and O–H groups in total. The van der Waals surface area contributed by atoms with E-state index in [1.54, 1.807) is 11.3 Å². The second-order valence-electron chi connectivity index (χ2n) is 4.54. The maximum Gasteiger partial charge on any atom is 0.258 e. The average molecular weight is 265 g/mol. The van der Waals surface area contributed by atoms with Gasteiger partial charge in [-0.15, -0.1) is 0 Å². The van der Waals surface area contributed by atoms with Crippen LogP contribution in [0.5, 0.6) is 0 Å². The van der Waals surface area contributed by atoms with Gasteiger partial charge in [0, 0.05) is 18.5 Å². The molecular weight excluding hydrogens is 250 g/mol. The van der Waals surface area contributed by atoms with Gasteiger partial charge in [0.1, 0.15) is 0 Å². The lowest BCUT2D eigenvalue weighted by Crippen LogP contribution is -2.35. The molecule has 96 valence electrons. The third-order valence-corrected chi connectivity index (χ3v) is 3.84. The maximum atomic E-state index is 9.45. The Morgan fingerprint density at radius 1 is 1.44 bits per heavy atom. The minimum absolute atomic E-state index is 0.145. The zero-order chi connectivity index (χ0) is 12.4. The summed E-state index contributed by atoms with van der Waals surface area (Å²) in [6, 6.07) is 1.97. The molecule has 5 nitrogen and oxygen atoms in total. The van der Waals surface area contributed by atoms with Crippen molar-refractivity contribution in [1.82, 2.24) is 15.0 Å². The lowest BCUT2D eigenvalue weighted by Gasteiger charge is -2.28. The van der Waals surface area contributed by atoms with Crippen LogP contribution in [-0.4, -0.2) is 39.3 Å². The van der Waals surface area contributed by atoms with Crippen LogP contribution in [0.1, 0.15) is 18.7 Å². The van der Waals surface area contributed by atoms with E-state index in [4.69, 9.17) is 4.52 Å². The van der Waals surface area contributed by atoms with E-state index in [1.165, 1.54) is 0 Å². The molecule has 6 heteroatoms. The quantitative estimate of drug-likeness (QED) is 0.916. The molecule has 3 heterocycles. The molecule has 0 radical (unpaired) electrons. The Morgan fingerprint density at radius 3 is 3.00 bits per heavy atom. The normalized spacial score (nSPS) is 18.3. The lowest BCUT2D eigenvalue weighted by atomic mass is 10.1. The summed E-state index contributed by atoms with van der Waals surface area (Å²) in [4.78, 5) is 6.64. The van der Waals surface area contributed by atoms with Crippen LogP contribution in [0, 0.1) is 0 Å². The standard InChI is InChI=1S/C12H15N3O2S/c16-10-1-4-15(5-2-10)7-11-13-12(17-14-11)9-3-6-18-8-9/h3,6,8,10,16H,1-2,4-5,7H2. The fourth-order valence-electron chi connectivity index (χ4n) is 2.10. The molecule has 0 aromatic carbocycles. The fraction of sp³-hybridized carbons (Fsp3) is 0.500. The lowest BCUT2D eigenvalue weighted by molar-refractivity contribution is 0.0777. The van der Waals surface area contributed by atoms with Crippen LogP contribution in [0.3, 0.4) is 0 Å². The molecule has 2 aromatic rings. The Bertz CT molecular complexity index is 489. The Hall–Kier alpha value is -1.24. The summed E-state index contributed by atoms with van der Waals surface area (Å²) in [7, 11) is 0. The molecule has 18 heavy (non-hydrogen) atoms. The van der Waals surface area contributed by atoms with Crippen molar-refractivity contribution in [2.75, 3.05) is 13.1 Å². The molecule has 2 aromatic heterocycles. The highest BCUT2D eigenvalue weighted by molar-refractivity contribution is 7.08. The third kappa shape index (κ3) is 2.60. The summed E-state index contributed by atoms with van der Waals surface area (Å²) in [6.07, 6.45) is 1.51. The molecule has 1 aliphatic rings. The van der Waals surface area contributed by atoms with Crippen molar-refractivity contribution >= 4 is 11.3 Å². The first-order chi connectivity index (χ1) is 8.81. The molecule has 0 unspecified atom stereocenters. The van der Waals surface area contributed by atoms with Gasteiger partial charge >= 0.3 is 0 Å². The second-order valence-corrected chi connectivity index (χ2v) is 5.32. The van der Waals surface area contributed by atoms with Crippen molar-refractivity contribution in [3.63, 3.8) is 0 Å². The van der Waals surface area contributed by atoms with Crippen LogP contribution in [0.15, 0.2) is 21.3 Å². The van der Waals surface area contributed by atoms with E-state index < -0.39 is 0 Å². The van der Waals surface area contributed by atoms with Gasteiger partial charge in [-0.1, -0.05) is 5.16 Å². The topological polar surface area (TPSA) is 62.4 Å². The first kappa shape index (κ1) is 11.8. The highest BCUT2D eigenvalue weighted by Crippen LogP contribution is 2.20. The number of piperidine rings is 1. The Kier molecular flexibility index (Phi) is 3.40. The molecule has 0 atom stereocenters. The van der Waals surface area contributed by atoms with E-state index in [9.17, 15) is 5.11 Å². The van der Waals surface area contributed by atoms with Crippen molar-refractivity contribution in [3.8, 4) is 11.5 Å². The molecular formula is C12H15N3O2S. The molecule has 0 spiro atoms. The minimum atomic E-state index is -0.145. The SMILES string of the molecule is OC1CCN(Cc2noc(-c3ccsc3)n2)CC1. The monoisotopic (exact) mass is 265 g/mol. The van der Waals surface area contributed by atoms with Gasteiger partial charge in [0.15, 0.2) is 5.82 Å². The molecule has 0 amide bonds. The van der Waals surface area contributed by atoms with Gasteiger partial charge in [0.25, 0.3) is 5.89 Å². The van der Waals surface area contributed by atoms with E-state index >= 15 is 0 Å². The molecule has 1 saturated heterocycles. The highest BCUT2D eigenvalue weighted by Gasteiger charge is 2.19. The molecule has 1 fully saturated rings. The number of aliphatic hydroxyl groups is 1. The smallest absolute Gasteiger partial charge is 0.258 e. The maximum absolute atomic E-state index is 9.45. The predicted molar refractivity (Wildman–Crippen MR) is 68.1 cm³/mol. The van der Waals surface area contributed by atoms with Gasteiger partial charge in [-0.25, -0.2) is 0 Å². The number of likely N-dealkylation sites (tertiary alicyclic amines) is 1. The first-order valence-corrected chi connectivity index (χ1v) is 7.01.